The Bertz CT molecular complexity index is 2000. The van der Waals surface area contributed by atoms with Gasteiger partial charge in [-0.25, -0.2) is 0 Å². The molecule has 0 aromatic carbocycles. The van der Waals surface area contributed by atoms with E-state index >= 15 is 0 Å². The summed E-state index contributed by atoms with van der Waals surface area (Å²) in [4.78, 5) is 65.4. The van der Waals surface area contributed by atoms with Gasteiger partial charge in [-0.2, -0.15) is 11.4 Å². The molecule has 0 unspecified atom stereocenters. The van der Waals surface area contributed by atoms with Crippen molar-refractivity contribution in [2.75, 3.05) is 7.11 Å². The number of ether oxygens (including phenoxy) is 1. The Morgan fingerprint density at radius 2 is 1.67 bits per heavy atom. The fraction of sp³-hybridized carbons (Fsp3) is 0.294. The maximum Gasteiger partial charge on any atom is 2.00 e. The van der Waals surface area contributed by atoms with Crippen LogP contribution in [0.3, 0.4) is 0 Å². The first-order chi connectivity index (χ1) is 21.0. The van der Waals surface area contributed by atoms with Crippen LogP contribution in [0.2, 0.25) is 0 Å². The van der Waals surface area contributed by atoms with Crippen LogP contribution in [0.4, 0.5) is 0 Å². The van der Waals surface area contributed by atoms with Gasteiger partial charge in [0.05, 0.1) is 7.11 Å². The average molecular weight is 615 g/mol. The number of hydrogen-bond acceptors (Lipinski definition) is 5. The van der Waals surface area contributed by atoms with Gasteiger partial charge in [-0.05, 0) is 44.6 Å². The summed E-state index contributed by atoms with van der Waals surface area (Å²) in [5, 5.41) is 15.5. The Morgan fingerprint density at radius 3 is 2.31 bits per heavy atom. The number of hydrogen-bond donors (Lipinski definition) is 1. The van der Waals surface area contributed by atoms with E-state index in [1.54, 1.807) is 32.1 Å². The van der Waals surface area contributed by atoms with E-state index in [9.17, 15) is 24.3 Å². The molecular formula is C34H30MgN4O6-2. The van der Waals surface area contributed by atoms with Crippen LogP contribution >= 0.6 is 0 Å². The van der Waals surface area contributed by atoms with E-state index < -0.39 is 29.6 Å². The van der Waals surface area contributed by atoms with E-state index in [1.165, 1.54) is 7.11 Å². The summed E-state index contributed by atoms with van der Waals surface area (Å²) in [7, 11) is 1.22. The topological polar surface area (TPSA) is 154 Å². The molecule has 1 aliphatic carbocycles. The van der Waals surface area contributed by atoms with Crippen LogP contribution < -0.4 is 25.7 Å². The van der Waals surface area contributed by atoms with Crippen molar-refractivity contribution in [3.05, 3.63) is 90.1 Å². The number of Topliss-reactive ketones (excluding diaryl/α,β-unsaturated/α-hetero) is 1. The minimum Gasteiger partial charge on any atom is -0.664 e. The quantitative estimate of drug-likeness (QED) is 0.191. The maximum absolute atomic E-state index is 13.9. The molecule has 226 valence electrons. The second-order valence-corrected chi connectivity index (χ2v) is 11.4. The van der Waals surface area contributed by atoms with Crippen molar-refractivity contribution in [3.63, 3.8) is 0 Å². The molecule has 3 aromatic rings. The smallest absolute Gasteiger partial charge is 0.664 e. The number of aliphatic carboxylic acids is 1. The molecule has 8 bridgehead atoms. The number of allylic oxidation sites excluding steroid dienone is 2. The number of esters is 1. The van der Waals surface area contributed by atoms with Crippen LogP contribution in [0, 0.1) is 38.5 Å². The third kappa shape index (κ3) is 4.94. The molecule has 0 spiro atoms. The normalized spacial score (nSPS) is 23.9. The van der Waals surface area contributed by atoms with Gasteiger partial charge in [0, 0.05) is 17.5 Å². The first-order valence-electron chi connectivity index (χ1n) is 14.3. The second-order valence-electron chi connectivity index (χ2n) is 11.4. The van der Waals surface area contributed by atoms with Gasteiger partial charge in [-0.15, -0.1) is 33.5 Å². The number of carbonyl (C=O) groups excluding carboxylic acids is 3. The Morgan fingerprint density at radius 1 is 0.978 bits per heavy atom. The second kappa shape index (κ2) is 11.9. The number of aldehydes is 1. The summed E-state index contributed by atoms with van der Waals surface area (Å²) < 4.78 is 5.08. The molecule has 1 saturated heterocycles. The number of ketones is 1. The molecule has 6 rings (SSSR count). The van der Waals surface area contributed by atoms with Gasteiger partial charge in [0.2, 0.25) is 0 Å². The molecule has 2 aliphatic heterocycles. The van der Waals surface area contributed by atoms with Gasteiger partial charge in [-0.3, -0.25) is 19.2 Å². The van der Waals surface area contributed by atoms with Crippen LogP contribution in [0.5, 0.6) is 0 Å². The summed E-state index contributed by atoms with van der Waals surface area (Å²) in [6.07, 6.45) is 7.92. The van der Waals surface area contributed by atoms with Crippen molar-refractivity contribution < 1.29 is 29.0 Å². The summed E-state index contributed by atoms with van der Waals surface area (Å²) in [6, 6.07) is 0. The van der Waals surface area contributed by atoms with Crippen molar-refractivity contribution in [1.82, 2.24) is 15.0 Å². The summed E-state index contributed by atoms with van der Waals surface area (Å²) in [6.45, 7) is 11.4. The van der Waals surface area contributed by atoms with Crippen LogP contribution in [-0.2, 0) is 14.3 Å². The molecule has 11 heteroatoms. The fourth-order valence-corrected chi connectivity index (χ4v) is 6.60. The van der Waals surface area contributed by atoms with Crippen molar-refractivity contribution in [3.8, 4) is 0 Å². The Kier molecular flexibility index (Phi) is 8.45. The number of nitrogens with zero attached hydrogens (tertiary/aromatic N) is 4. The van der Waals surface area contributed by atoms with Gasteiger partial charge in [0.15, 0.2) is 5.78 Å². The summed E-state index contributed by atoms with van der Waals surface area (Å²) in [5.41, 5.74) is 7.03. The van der Waals surface area contributed by atoms with Crippen LogP contribution in [0.1, 0.15) is 85.5 Å². The molecule has 10 nitrogen and oxygen atoms in total. The predicted molar refractivity (Wildman–Crippen MR) is 169 cm³/mol. The van der Waals surface area contributed by atoms with Crippen LogP contribution in [-0.4, -0.2) is 59.3 Å². The molecule has 3 atom stereocenters. The monoisotopic (exact) mass is 614 g/mol. The average Bonchev–Trinajstić information content (AvgIpc) is 3.72. The van der Waals surface area contributed by atoms with Gasteiger partial charge in [0.1, 0.15) is 12.2 Å². The number of carbonyl (C=O) groups is 4. The van der Waals surface area contributed by atoms with E-state index in [1.807, 2.05) is 19.9 Å². The Balaban J connectivity index is 0.00000400. The Labute approximate surface area is 275 Å². The number of carboxylic acid groups (broad SMARTS) is 1. The molecule has 45 heavy (non-hydrogen) atoms. The minimum atomic E-state index is -1.28. The number of fused-ring (bicyclic) bond motifs is 7. The number of aromatic nitrogens is 3. The first-order valence-corrected chi connectivity index (χ1v) is 14.3. The first kappa shape index (κ1) is 32.1. The predicted octanol–water partition coefficient (Wildman–Crippen LogP) is 2.77. The summed E-state index contributed by atoms with van der Waals surface area (Å²) >= 11 is 0. The molecule has 3 aliphatic rings. The van der Waals surface area contributed by atoms with Crippen LogP contribution in [0.25, 0.3) is 35.2 Å². The van der Waals surface area contributed by atoms with Crippen LogP contribution in [0.15, 0.2) is 18.0 Å². The molecule has 5 heterocycles. The van der Waals surface area contributed by atoms with Gasteiger partial charge >= 0.3 is 35.0 Å². The van der Waals surface area contributed by atoms with E-state index in [0.717, 1.165) is 17.4 Å². The summed E-state index contributed by atoms with van der Waals surface area (Å²) in [5.74, 6) is -4.08. The van der Waals surface area contributed by atoms with E-state index in [0.29, 0.717) is 72.7 Å². The molecule has 1 N–H and O–H groups in total. The minimum absolute atomic E-state index is 0. The fourth-order valence-electron chi connectivity index (χ4n) is 6.60. The third-order valence-electron chi connectivity index (χ3n) is 9.10. The van der Waals surface area contributed by atoms with E-state index in [4.69, 9.17) is 25.0 Å². The Hall–Kier alpha value is -4.35. The van der Waals surface area contributed by atoms with Gasteiger partial charge in [-0.1, -0.05) is 60.1 Å². The van der Waals surface area contributed by atoms with Crippen molar-refractivity contribution in [2.24, 2.45) is 17.8 Å². The molecule has 0 radical (unpaired) electrons. The van der Waals surface area contributed by atoms with Crippen molar-refractivity contribution in [1.29, 1.82) is 0 Å². The molecule has 3 aromatic heterocycles. The SMILES string of the molecule is C=Cc1c2[n-]c(c1C)/C=C1\[N-]/C(=C3\c4[n-]c(c(C)c4C(=O)[C@@H]3C(=O)OC)/C=c3\[n-]/c(c(C=O)c3C)=C\2)[C@@H](CCC(=O)O)[C@@H]1C.[Mg+2]. The van der Waals surface area contributed by atoms with Crippen molar-refractivity contribution >= 4 is 76.9 Å². The largest absolute Gasteiger partial charge is 2.00 e. The van der Waals surface area contributed by atoms with E-state index in [2.05, 4.69) is 6.58 Å². The van der Waals surface area contributed by atoms with E-state index in [-0.39, 0.29) is 41.8 Å². The zero-order valence-electron chi connectivity index (χ0n) is 25.7. The zero-order chi connectivity index (χ0) is 31.6. The maximum atomic E-state index is 13.9. The zero-order valence-corrected chi connectivity index (χ0v) is 27.1. The molecule has 0 saturated carbocycles. The molecule has 0 amide bonds. The van der Waals surface area contributed by atoms with Gasteiger partial charge < -0.3 is 30.1 Å². The van der Waals surface area contributed by atoms with Crippen molar-refractivity contribution in [2.45, 2.75) is 40.5 Å². The molecular weight excluding hydrogens is 585 g/mol. The number of rotatable bonds is 6. The number of methoxy groups -OCH3 is 1. The standard InChI is InChI=1S/C34H32N4O6.Mg/c1-7-18-14(2)21-10-23-15(3)19(8-9-27(40)41)31(37-23)29-30(34(43)44-6)33(42)28-17(5)24(38-32(28)29)11-22-16(4)20(13-39)26(36-22)12-25(18)35-21;/h7,10-13,15,19,30H,1,8-9H2,2-6H3,(H3,37,38,39,40,41,42);/q-2;+2/p-2/b23-10-,26-12-;/t15-,19-,30+;/m0./s1. The third-order valence-corrected chi connectivity index (χ3v) is 9.10. The molecule has 1 fully saturated rings. The van der Waals surface area contributed by atoms with Gasteiger partial charge in [0.25, 0.3) is 0 Å². The number of carboxylic acids is 1.